The Bertz CT molecular complexity index is 893. The van der Waals surface area contributed by atoms with E-state index in [-0.39, 0.29) is 17.9 Å². The normalized spacial score (nSPS) is 26.8. The van der Waals surface area contributed by atoms with Crippen molar-refractivity contribution in [3.05, 3.63) is 64.7 Å². The van der Waals surface area contributed by atoms with Gasteiger partial charge in [-0.25, -0.2) is 0 Å². The first-order chi connectivity index (χ1) is 14.5. The van der Waals surface area contributed by atoms with Crippen LogP contribution in [-0.2, 0) is 14.3 Å². The number of carbonyl (C=O) groups excluding carboxylic acids is 1. The number of halogens is 1. The standard InChI is InChI=1S/C24H28ClNO3S/c1-26-23(27)19(18-8-9-22(30-2)20(25)13-18)12-16-10-11-24(14-16)28-15-21(29-24)17-6-4-3-5-7-17/h3-9,13,16,19,21H,10-12,14-15H2,1-2H3,(H,26,27)/t16-,19?,21+,24?/m1/s1. The van der Waals surface area contributed by atoms with Gasteiger partial charge in [-0.2, -0.15) is 0 Å². The minimum Gasteiger partial charge on any atom is -0.359 e. The van der Waals surface area contributed by atoms with Gasteiger partial charge in [-0.15, -0.1) is 11.8 Å². The number of ether oxygens (including phenoxy) is 2. The highest BCUT2D eigenvalue weighted by Gasteiger charge is 2.48. The van der Waals surface area contributed by atoms with E-state index in [0.29, 0.717) is 17.5 Å². The van der Waals surface area contributed by atoms with Crippen molar-refractivity contribution >= 4 is 29.3 Å². The Morgan fingerprint density at radius 1 is 1.30 bits per heavy atom. The fraction of sp³-hybridized carbons (Fsp3) is 0.458. The van der Waals surface area contributed by atoms with Crippen LogP contribution in [-0.4, -0.2) is 31.6 Å². The highest BCUT2D eigenvalue weighted by atomic mass is 35.5. The minimum atomic E-state index is -0.515. The zero-order chi connectivity index (χ0) is 21.1. The topological polar surface area (TPSA) is 47.6 Å². The van der Waals surface area contributed by atoms with Gasteiger partial charge in [0.05, 0.1) is 17.5 Å². The van der Waals surface area contributed by atoms with Crippen LogP contribution in [0, 0.1) is 5.92 Å². The van der Waals surface area contributed by atoms with Gasteiger partial charge in [0.25, 0.3) is 0 Å². The Morgan fingerprint density at radius 2 is 2.10 bits per heavy atom. The Kier molecular flexibility index (Phi) is 6.73. The number of hydrogen-bond acceptors (Lipinski definition) is 4. The Balaban J connectivity index is 1.45. The molecule has 1 aliphatic heterocycles. The van der Waals surface area contributed by atoms with Crippen LogP contribution in [0.25, 0.3) is 0 Å². The van der Waals surface area contributed by atoms with E-state index in [4.69, 9.17) is 21.1 Å². The zero-order valence-electron chi connectivity index (χ0n) is 17.4. The van der Waals surface area contributed by atoms with E-state index in [0.717, 1.165) is 41.7 Å². The van der Waals surface area contributed by atoms with Gasteiger partial charge in [0.15, 0.2) is 5.79 Å². The molecule has 0 radical (unpaired) electrons. The number of amides is 1. The smallest absolute Gasteiger partial charge is 0.227 e. The number of carbonyl (C=O) groups is 1. The highest BCUT2D eigenvalue weighted by Crippen LogP contribution is 2.48. The highest BCUT2D eigenvalue weighted by molar-refractivity contribution is 7.98. The van der Waals surface area contributed by atoms with Gasteiger partial charge >= 0.3 is 0 Å². The van der Waals surface area contributed by atoms with Crippen LogP contribution < -0.4 is 5.32 Å². The summed E-state index contributed by atoms with van der Waals surface area (Å²) < 4.78 is 12.6. The minimum absolute atomic E-state index is 0.0161. The SMILES string of the molecule is CNC(=O)C(C[C@H]1CCC2(C1)OC[C@@H](c1ccccc1)O2)c1ccc(SC)c(Cl)c1. The van der Waals surface area contributed by atoms with Gasteiger partial charge in [-0.3, -0.25) is 4.79 Å². The monoisotopic (exact) mass is 445 g/mol. The first-order valence-corrected chi connectivity index (χ1v) is 12.1. The third-order valence-electron chi connectivity index (χ3n) is 6.27. The molecule has 1 spiro atoms. The molecule has 30 heavy (non-hydrogen) atoms. The number of nitrogens with one attached hydrogen (secondary N) is 1. The van der Waals surface area contributed by atoms with Crippen molar-refractivity contribution in [3.63, 3.8) is 0 Å². The number of benzene rings is 2. The van der Waals surface area contributed by atoms with E-state index in [1.54, 1.807) is 18.8 Å². The lowest BCUT2D eigenvalue weighted by atomic mass is 9.87. The van der Waals surface area contributed by atoms with Crippen LogP contribution in [0.15, 0.2) is 53.4 Å². The molecule has 4 rings (SSSR count). The molecule has 0 bridgehead atoms. The fourth-order valence-corrected chi connectivity index (χ4v) is 5.57. The second kappa shape index (κ2) is 9.31. The number of rotatable bonds is 6. The van der Waals surface area contributed by atoms with Gasteiger partial charge in [-0.05, 0) is 48.3 Å². The third-order valence-corrected chi connectivity index (χ3v) is 7.49. The lowest BCUT2D eigenvalue weighted by Gasteiger charge is -2.24. The van der Waals surface area contributed by atoms with Crippen LogP contribution in [0.2, 0.25) is 5.02 Å². The summed E-state index contributed by atoms with van der Waals surface area (Å²) in [4.78, 5) is 13.7. The average Bonchev–Trinajstić information content (AvgIpc) is 3.38. The van der Waals surface area contributed by atoms with Crippen molar-refractivity contribution in [1.82, 2.24) is 5.32 Å². The van der Waals surface area contributed by atoms with Crippen molar-refractivity contribution in [2.24, 2.45) is 5.92 Å². The molecule has 1 heterocycles. The van der Waals surface area contributed by atoms with Gasteiger partial charge in [0.1, 0.15) is 6.10 Å². The molecule has 2 fully saturated rings. The first-order valence-electron chi connectivity index (χ1n) is 10.5. The zero-order valence-corrected chi connectivity index (χ0v) is 19.0. The van der Waals surface area contributed by atoms with Crippen LogP contribution in [0.4, 0.5) is 0 Å². The van der Waals surface area contributed by atoms with E-state index in [2.05, 4.69) is 17.4 Å². The van der Waals surface area contributed by atoms with Gasteiger partial charge in [0, 0.05) is 24.8 Å². The molecule has 160 valence electrons. The van der Waals surface area contributed by atoms with Gasteiger partial charge in [-0.1, -0.05) is 48.0 Å². The summed E-state index contributed by atoms with van der Waals surface area (Å²) in [6.45, 7) is 0.585. The molecule has 0 aromatic heterocycles. The maximum atomic E-state index is 12.7. The molecule has 2 aromatic rings. The Labute approximate surface area is 187 Å². The molecule has 4 atom stereocenters. The van der Waals surface area contributed by atoms with E-state index in [1.165, 1.54) is 0 Å². The Morgan fingerprint density at radius 3 is 2.80 bits per heavy atom. The summed E-state index contributed by atoms with van der Waals surface area (Å²) >= 11 is 8.03. The molecule has 4 nitrogen and oxygen atoms in total. The predicted molar refractivity (Wildman–Crippen MR) is 121 cm³/mol. The fourth-order valence-electron chi connectivity index (χ4n) is 4.70. The first kappa shape index (κ1) is 21.7. The number of likely N-dealkylation sites (N-methyl/N-ethyl adjacent to an activating group) is 1. The largest absolute Gasteiger partial charge is 0.359 e. The molecular formula is C24H28ClNO3S. The number of thioether (sulfide) groups is 1. The summed E-state index contributed by atoms with van der Waals surface area (Å²) in [6, 6.07) is 16.2. The van der Waals surface area contributed by atoms with Crippen LogP contribution in [0.3, 0.4) is 0 Å². The maximum absolute atomic E-state index is 12.7. The van der Waals surface area contributed by atoms with E-state index in [1.807, 2.05) is 42.7 Å². The molecule has 2 aliphatic rings. The summed E-state index contributed by atoms with van der Waals surface area (Å²) in [5.74, 6) is -0.353. The van der Waals surface area contributed by atoms with Crippen LogP contribution in [0.1, 0.15) is 48.8 Å². The van der Waals surface area contributed by atoms with Gasteiger partial charge < -0.3 is 14.8 Å². The molecule has 1 N–H and O–H groups in total. The molecule has 2 aromatic carbocycles. The quantitative estimate of drug-likeness (QED) is 0.591. The van der Waals surface area contributed by atoms with Crippen molar-refractivity contribution in [2.45, 2.75) is 48.4 Å². The molecule has 1 aliphatic carbocycles. The van der Waals surface area contributed by atoms with Crippen LogP contribution in [0.5, 0.6) is 0 Å². The lowest BCUT2D eigenvalue weighted by Crippen LogP contribution is -2.29. The van der Waals surface area contributed by atoms with E-state index >= 15 is 0 Å². The second-order valence-corrected chi connectivity index (χ2v) is 9.40. The van der Waals surface area contributed by atoms with Crippen molar-refractivity contribution < 1.29 is 14.3 Å². The molecule has 1 saturated carbocycles. The lowest BCUT2D eigenvalue weighted by molar-refractivity contribution is -0.165. The van der Waals surface area contributed by atoms with Crippen molar-refractivity contribution in [1.29, 1.82) is 0 Å². The number of hydrogen-bond donors (Lipinski definition) is 1. The summed E-state index contributed by atoms with van der Waals surface area (Å²) in [5.41, 5.74) is 2.12. The molecule has 6 heteroatoms. The predicted octanol–water partition coefficient (Wildman–Crippen LogP) is 5.57. The summed E-state index contributed by atoms with van der Waals surface area (Å²) in [5, 5.41) is 3.52. The van der Waals surface area contributed by atoms with Crippen LogP contribution >= 0.6 is 23.4 Å². The maximum Gasteiger partial charge on any atom is 0.227 e. The average molecular weight is 446 g/mol. The van der Waals surface area contributed by atoms with Gasteiger partial charge in [0.2, 0.25) is 5.91 Å². The second-order valence-electron chi connectivity index (χ2n) is 8.14. The van der Waals surface area contributed by atoms with Crippen molar-refractivity contribution in [2.75, 3.05) is 19.9 Å². The third kappa shape index (κ3) is 4.54. The molecule has 1 amide bonds. The molecule has 2 unspecified atom stereocenters. The van der Waals surface area contributed by atoms with E-state index < -0.39 is 5.79 Å². The van der Waals surface area contributed by atoms with Crippen molar-refractivity contribution in [3.8, 4) is 0 Å². The van der Waals surface area contributed by atoms with E-state index in [9.17, 15) is 4.79 Å². The summed E-state index contributed by atoms with van der Waals surface area (Å²) in [6.07, 6.45) is 5.43. The molecule has 1 saturated heterocycles. The Hall–Kier alpha value is -1.53. The molecular weight excluding hydrogens is 418 g/mol. The summed E-state index contributed by atoms with van der Waals surface area (Å²) in [7, 11) is 1.69.